The van der Waals surface area contributed by atoms with E-state index in [0.29, 0.717) is 93.4 Å². The first-order chi connectivity index (χ1) is 38.1. The predicted molar refractivity (Wildman–Crippen MR) is 298 cm³/mol. The zero-order valence-corrected chi connectivity index (χ0v) is 46.9. The van der Waals surface area contributed by atoms with Crippen LogP contribution in [0.15, 0.2) is 147 Å². The van der Waals surface area contributed by atoms with E-state index in [4.69, 9.17) is 53.8 Å². The van der Waals surface area contributed by atoms with Crippen LogP contribution in [0, 0.1) is 17.5 Å². The maximum absolute atomic E-state index is 15.3. The Balaban J connectivity index is 0.000000180. The summed E-state index contributed by atoms with van der Waals surface area (Å²) in [5.41, 5.74) is 5.19. The lowest BCUT2D eigenvalue weighted by Gasteiger charge is -2.14. The van der Waals surface area contributed by atoms with E-state index < -0.39 is 29.5 Å². The summed E-state index contributed by atoms with van der Waals surface area (Å²) in [6.07, 6.45) is 8.63. The summed E-state index contributed by atoms with van der Waals surface area (Å²) in [6, 6.07) is 31.0. The number of carbonyl (C=O) groups excluding carboxylic acids is 3. The van der Waals surface area contributed by atoms with Gasteiger partial charge in [-0.1, -0.05) is 105 Å². The number of esters is 3. The molecule has 0 amide bonds. The van der Waals surface area contributed by atoms with Crippen LogP contribution in [0.25, 0.3) is 33.4 Å². The van der Waals surface area contributed by atoms with E-state index in [-0.39, 0.29) is 30.3 Å². The average Bonchev–Trinajstić information content (AvgIpc) is 4.30. The van der Waals surface area contributed by atoms with E-state index in [1.165, 1.54) is 84.8 Å². The molecule has 15 nitrogen and oxygen atoms in total. The molecule has 22 heteroatoms. The van der Waals surface area contributed by atoms with E-state index in [0.717, 1.165) is 0 Å². The van der Waals surface area contributed by atoms with Crippen LogP contribution in [-0.2, 0) is 32.6 Å². The van der Waals surface area contributed by atoms with E-state index in [9.17, 15) is 18.8 Å². The third kappa shape index (κ3) is 15.3. The first-order valence-corrected chi connectivity index (χ1v) is 25.5. The lowest BCUT2D eigenvalue weighted by atomic mass is 10.0. The van der Waals surface area contributed by atoms with Crippen molar-refractivity contribution in [3.8, 4) is 50.6 Å². The molecule has 410 valence electrons. The molecule has 9 aromatic rings. The Bertz CT molecular complexity index is 3550. The Morgan fingerprint density at radius 3 is 1.43 bits per heavy atom. The van der Waals surface area contributed by atoms with Gasteiger partial charge in [0.2, 0.25) is 0 Å². The number of alkyl halides is 1. The van der Waals surface area contributed by atoms with Crippen LogP contribution in [0.2, 0.25) is 15.1 Å². The molecule has 0 saturated carbocycles. The van der Waals surface area contributed by atoms with Gasteiger partial charge in [-0.3, -0.25) is 0 Å². The van der Waals surface area contributed by atoms with Crippen LogP contribution in [-0.4, -0.2) is 89.6 Å². The molecule has 0 aliphatic heterocycles. The molecule has 0 aliphatic rings. The van der Waals surface area contributed by atoms with Gasteiger partial charge in [0, 0.05) is 37.7 Å². The molecule has 0 radical (unpaired) electrons. The average molecular weight is 1210 g/mol. The Morgan fingerprint density at radius 2 is 1.01 bits per heavy atom. The van der Waals surface area contributed by atoms with Gasteiger partial charge in [-0.15, -0.1) is 0 Å². The van der Waals surface area contributed by atoms with Gasteiger partial charge in [-0.25, -0.2) is 42.5 Å². The maximum atomic E-state index is 15.3. The highest BCUT2D eigenvalue weighted by Gasteiger charge is 2.21. The fourth-order valence-electron chi connectivity index (χ4n) is 7.64. The molecule has 0 bridgehead atoms. The number of aromatic nitrogens is 6. The third-order valence-electron chi connectivity index (χ3n) is 11.4. The summed E-state index contributed by atoms with van der Waals surface area (Å²) in [5.74, 6) is -1.32. The molecule has 0 spiro atoms. The number of nitrogens with zero attached hydrogens (tertiary/aromatic N) is 5. The van der Waals surface area contributed by atoms with Crippen LogP contribution < -0.4 is 14.2 Å². The number of ether oxygens (including phenoxy) is 6. The Labute approximate surface area is 475 Å². The van der Waals surface area contributed by atoms with Crippen molar-refractivity contribution < 1.29 is 56.0 Å². The maximum Gasteiger partial charge on any atom is 0.358 e. The first kappa shape index (κ1) is 60.1. The Kier molecular flexibility index (Phi) is 22.1. The monoisotopic (exact) mass is 1200 g/mol. The van der Waals surface area contributed by atoms with Crippen molar-refractivity contribution in [3.63, 3.8) is 0 Å². The van der Waals surface area contributed by atoms with Gasteiger partial charge in [0.1, 0.15) is 46.1 Å². The zero-order chi connectivity index (χ0) is 57.2. The quantitative estimate of drug-likeness (QED) is 0.0622. The molecular weight excluding hydrogens is 1160 g/mol. The standard InChI is InChI=1S/2C19H16ClFN2O3.C14H11BrClFO.C5H6N2O2/c1-25-16-7-6-13(10-23-11-22-9-15(23)19(24)26-2)18(21)17(16)12-4-3-5-14(20)8-12;1-25-16-7-6-13(9-23-10-15(22-11-23)19(24)26-2)18(21)17(16)12-4-3-5-14(20)8-12;1-18-12-6-5-10(8-15)14(17)13(12)9-3-2-4-11(16)7-9;1-9-5(8)4-2-6-3-7-4/h3-9,11H,10H2,1-2H3;3-8,10-11H,9H2,1-2H3;2-7H,8H2,1H3;2-3H,1H3,(H,6,7). The van der Waals surface area contributed by atoms with Crippen molar-refractivity contribution in [2.75, 3.05) is 42.7 Å². The number of H-pyrrole nitrogens is 1. The number of imidazole rings is 3. The molecule has 79 heavy (non-hydrogen) atoms. The van der Waals surface area contributed by atoms with Crippen molar-refractivity contribution in [3.05, 3.63) is 213 Å². The number of aromatic amines is 1. The summed E-state index contributed by atoms with van der Waals surface area (Å²) >= 11 is 21.3. The van der Waals surface area contributed by atoms with E-state index in [1.54, 1.807) is 108 Å². The van der Waals surface area contributed by atoms with Crippen molar-refractivity contribution in [1.29, 1.82) is 0 Å². The van der Waals surface area contributed by atoms with E-state index in [1.807, 2.05) is 6.07 Å². The van der Waals surface area contributed by atoms with Gasteiger partial charge >= 0.3 is 17.9 Å². The van der Waals surface area contributed by atoms with Crippen LogP contribution in [0.1, 0.15) is 48.2 Å². The number of benzene rings is 6. The molecule has 9 rings (SSSR count). The lowest BCUT2D eigenvalue weighted by Crippen LogP contribution is -2.12. The smallest absolute Gasteiger partial charge is 0.358 e. The Morgan fingerprint density at radius 1 is 0.557 bits per heavy atom. The second-order valence-electron chi connectivity index (χ2n) is 16.3. The molecule has 3 heterocycles. The highest BCUT2D eigenvalue weighted by atomic mass is 79.9. The van der Waals surface area contributed by atoms with Gasteiger partial charge in [0.25, 0.3) is 0 Å². The topological polar surface area (TPSA) is 171 Å². The van der Waals surface area contributed by atoms with E-state index >= 15 is 8.78 Å². The summed E-state index contributed by atoms with van der Waals surface area (Å²) in [6.45, 7) is 0.321. The second-order valence-corrected chi connectivity index (χ2v) is 18.2. The molecule has 6 aromatic carbocycles. The first-order valence-electron chi connectivity index (χ1n) is 23.2. The van der Waals surface area contributed by atoms with Crippen molar-refractivity contribution in [2.45, 2.75) is 18.4 Å². The number of halogens is 7. The molecule has 0 fully saturated rings. The van der Waals surface area contributed by atoms with Gasteiger partial charge in [-0.2, -0.15) is 0 Å². The van der Waals surface area contributed by atoms with Crippen molar-refractivity contribution >= 4 is 68.6 Å². The van der Waals surface area contributed by atoms with Gasteiger partial charge < -0.3 is 42.5 Å². The zero-order valence-electron chi connectivity index (χ0n) is 43.0. The molecule has 0 aliphatic carbocycles. The molecule has 0 unspecified atom stereocenters. The third-order valence-corrected chi connectivity index (χ3v) is 12.7. The second kappa shape index (κ2) is 29.0. The van der Waals surface area contributed by atoms with Crippen molar-refractivity contribution in [2.24, 2.45) is 0 Å². The number of carbonyl (C=O) groups is 3. The Hall–Kier alpha value is -8.10. The van der Waals surface area contributed by atoms with E-state index in [2.05, 4.69) is 45.3 Å². The summed E-state index contributed by atoms with van der Waals surface area (Å²) in [7, 11) is 8.38. The minimum atomic E-state index is -0.543. The number of methoxy groups -OCH3 is 6. The number of nitrogens with one attached hydrogen (secondary N) is 1. The van der Waals surface area contributed by atoms with Crippen LogP contribution in [0.4, 0.5) is 13.2 Å². The SMILES string of the molecule is COC(=O)c1cn(Cc2ccc(OC)c(-c3cccc(Cl)c3)c2F)cn1.COC(=O)c1cnc[nH]1.COC(=O)c1cncn1Cc1ccc(OC)c(-c2cccc(Cl)c2)c1F.COc1ccc(CBr)c(F)c1-c1cccc(Cl)c1. The highest BCUT2D eigenvalue weighted by molar-refractivity contribution is 9.08. The fourth-order valence-corrected chi connectivity index (χ4v) is 8.64. The molecule has 3 aromatic heterocycles. The molecule has 0 saturated heterocycles. The lowest BCUT2D eigenvalue weighted by molar-refractivity contribution is 0.0581. The number of rotatable bonds is 14. The minimum absolute atomic E-state index is 0.119. The largest absolute Gasteiger partial charge is 0.496 e. The van der Waals surface area contributed by atoms with Crippen LogP contribution in [0.3, 0.4) is 0 Å². The fraction of sp³-hybridized carbons (Fsp3) is 0.158. The summed E-state index contributed by atoms with van der Waals surface area (Å²) in [4.78, 5) is 48.0. The molecule has 0 atom stereocenters. The molecular formula is C57H49BrCl3F3N6O9. The number of hydrogen-bond donors (Lipinski definition) is 1. The highest BCUT2D eigenvalue weighted by Crippen LogP contribution is 2.38. The normalized spacial score (nSPS) is 10.4. The van der Waals surface area contributed by atoms with Gasteiger partial charge in [0.05, 0.1) is 104 Å². The number of hydrogen-bond acceptors (Lipinski definition) is 12. The minimum Gasteiger partial charge on any atom is -0.496 e. The van der Waals surface area contributed by atoms with Crippen LogP contribution >= 0.6 is 50.7 Å². The van der Waals surface area contributed by atoms with Gasteiger partial charge in [-0.05, 0) is 76.9 Å². The summed E-state index contributed by atoms with van der Waals surface area (Å²) < 4.78 is 77.6. The predicted octanol–water partition coefficient (Wildman–Crippen LogP) is 13.6. The molecule has 1 N–H and O–H groups in total. The van der Waals surface area contributed by atoms with Gasteiger partial charge in [0.15, 0.2) is 5.69 Å². The van der Waals surface area contributed by atoms with Crippen molar-refractivity contribution in [1.82, 2.24) is 29.1 Å². The summed E-state index contributed by atoms with van der Waals surface area (Å²) in [5, 5.41) is 2.03. The van der Waals surface area contributed by atoms with Crippen LogP contribution in [0.5, 0.6) is 17.2 Å².